The van der Waals surface area contributed by atoms with Gasteiger partial charge in [0.2, 0.25) is 5.91 Å². The minimum absolute atomic E-state index is 0.0686. The average molecular weight is 339 g/mol. The lowest BCUT2D eigenvalue weighted by Crippen LogP contribution is -2.34. The van der Waals surface area contributed by atoms with Gasteiger partial charge in [-0.25, -0.2) is 0 Å². The molecule has 0 N–H and O–H groups in total. The number of benzene rings is 1. The first-order valence-electron chi connectivity index (χ1n) is 8.02. The van der Waals surface area contributed by atoms with Crippen LogP contribution in [-0.2, 0) is 4.79 Å². The Labute approximate surface area is 141 Å². The van der Waals surface area contributed by atoms with Gasteiger partial charge in [0.1, 0.15) is 0 Å². The molecule has 0 atom stereocenters. The second-order valence-corrected chi connectivity index (χ2v) is 6.21. The zero-order valence-electron chi connectivity index (χ0n) is 14.2. The Balaban J connectivity index is 2.19. The van der Waals surface area contributed by atoms with Crippen LogP contribution in [0.3, 0.4) is 0 Å². The fourth-order valence-electron chi connectivity index (χ4n) is 2.50. The van der Waals surface area contributed by atoms with Crippen LogP contribution in [0.4, 0.5) is 8.78 Å². The first kappa shape index (κ1) is 18.2. The number of hydrogen-bond acceptors (Lipinski definition) is 3. The summed E-state index contributed by atoms with van der Waals surface area (Å²) in [5.74, 6) is 0.390. The van der Waals surface area contributed by atoms with Crippen LogP contribution in [0.2, 0.25) is 0 Å². The highest BCUT2D eigenvalue weighted by Gasteiger charge is 2.31. The zero-order valence-corrected chi connectivity index (χ0v) is 14.2. The molecule has 1 fully saturated rings. The summed E-state index contributed by atoms with van der Waals surface area (Å²) >= 11 is 0. The van der Waals surface area contributed by atoms with Gasteiger partial charge >= 0.3 is 6.61 Å². The molecule has 1 aromatic rings. The van der Waals surface area contributed by atoms with Crippen LogP contribution in [0.15, 0.2) is 24.3 Å². The van der Waals surface area contributed by atoms with E-state index >= 15 is 0 Å². The topological polar surface area (TPSA) is 38.8 Å². The first-order valence-corrected chi connectivity index (χ1v) is 8.02. The summed E-state index contributed by atoms with van der Waals surface area (Å²) in [6, 6.07) is 5.10. The van der Waals surface area contributed by atoms with Gasteiger partial charge in [-0.2, -0.15) is 8.78 Å². The largest absolute Gasteiger partial charge is 0.493 e. The molecular formula is C18H23F2NO3. The van der Waals surface area contributed by atoms with Gasteiger partial charge in [0.25, 0.3) is 0 Å². The Kier molecular flexibility index (Phi) is 6.17. The van der Waals surface area contributed by atoms with Gasteiger partial charge in [-0.1, -0.05) is 26.0 Å². The van der Waals surface area contributed by atoms with Crippen LogP contribution < -0.4 is 9.47 Å². The summed E-state index contributed by atoms with van der Waals surface area (Å²) in [5.41, 5.74) is 0.378. The Morgan fingerprint density at radius 2 is 2.08 bits per heavy atom. The zero-order chi connectivity index (χ0) is 17.7. The molecule has 0 aliphatic heterocycles. The van der Waals surface area contributed by atoms with Crippen LogP contribution in [0.5, 0.6) is 11.5 Å². The minimum atomic E-state index is -2.96. The summed E-state index contributed by atoms with van der Waals surface area (Å²) in [4.78, 5) is 14.3. The number of carbonyl (C=O) groups is 1. The molecule has 0 bridgehead atoms. The van der Waals surface area contributed by atoms with E-state index in [1.165, 1.54) is 25.3 Å². The van der Waals surface area contributed by atoms with Crippen molar-refractivity contribution in [1.82, 2.24) is 4.90 Å². The van der Waals surface area contributed by atoms with E-state index in [1.807, 2.05) is 4.90 Å². The van der Waals surface area contributed by atoms with Gasteiger partial charge in [-0.15, -0.1) is 0 Å². The van der Waals surface area contributed by atoms with E-state index in [9.17, 15) is 13.6 Å². The fourth-order valence-corrected chi connectivity index (χ4v) is 2.50. The van der Waals surface area contributed by atoms with E-state index in [4.69, 9.17) is 4.74 Å². The van der Waals surface area contributed by atoms with Gasteiger partial charge in [0.15, 0.2) is 11.5 Å². The van der Waals surface area contributed by atoms with Crippen LogP contribution >= 0.6 is 0 Å². The lowest BCUT2D eigenvalue weighted by Gasteiger charge is -2.23. The van der Waals surface area contributed by atoms with E-state index in [0.717, 1.165) is 12.8 Å². The number of nitrogens with zero attached hydrogens (tertiary/aromatic N) is 1. The quantitative estimate of drug-likeness (QED) is 0.673. The summed E-state index contributed by atoms with van der Waals surface area (Å²) in [6.45, 7) is 1.84. The van der Waals surface area contributed by atoms with E-state index in [2.05, 4.69) is 18.6 Å². The molecule has 0 radical (unpaired) electrons. The number of alkyl halides is 2. The smallest absolute Gasteiger partial charge is 0.387 e. The number of amides is 1. The van der Waals surface area contributed by atoms with Crippen molar-refractivity contribution in [3.05, 3.63) is 29.8 Å². The van der Waals surface area contributed by atoms with Crippen LogP contribution in [0.1, 0.15) is 32.3 Å². The third kappa shape index (κ3) is 4.94. The third-order valence-corrected chi connectivity index (χ3v) is 3.67. The van der Waals surface area contributed by atoms with Gasteiger partial charge in [-0.3, -0.25) is 4.79 Å². The molecule has 0 aromatic heterocycles. The van der Waals surface area contributed by atoms with Crippen molar-refractivity contribution in [2.45, 2.75) is 39.3 Å². The standard InChI is InChI=1S/C18H23F2NO3/c1-12(2)11-21(14-8-9-14)16(22)10-7-13-5-4-6-15(23-3)17(13)24-18(19)20/h4-7,10,12,14,18H,8-9,11H2,1-3H3/b10-7+. The van der Waals surface area contributed by atoms with Crippen LogP contribution in [0, 0.1) is 5.92 Å². The molecule has 0 saturated heterocycles. The Morgan fingerprint density at radius 3 is 2.62 bits per heavy atom. The molecule has 0 heterocycles. The number of carbonyl (C=O) groups excluding carboxylic acids is 1. The van der Waals surface area contributed by atoms with Crippen molar-refractivity contribution in [1.29, 1.82) is 0 Å². The number of halogens is 2. The van der Waals surface area contributed by atoms with E-state index in [1.54, 1.807) is 12.1 Å². The van der Waals surface area contributed by atoms with Crippen molar-refractivity contribution < 1.29 is 23.0 Å². The van der Waals surface area contributed by atoms with E-state index in [0.29, 0.717) is 24.1 Å². The summed E-state index contributed by atoms with van der Waals surface area (Å²) < 4.78 is 34.9. The number of rotatable bonds is 8. The maximum Gasteiger partial charge on any atom is 0.387 e. The van der Waals surface area contributed by atoms with Gasteiger partial charge < -0.3 is 14.4 Å². The highest BCUT2D eigenvalue weighted by molar-refractivity contribution is 5.92. The van der Waals surface area contributed by atoms with Crippen molar-refractivity contribution in [3.8, 4) is 11.5 Å². The number of ether oxygens (including phenoxy) is 2. The van der Waals surface area contributed by atoms with E-state index in [-0.39, 0.29) is 17.4 Å². The van der Waals surface area contributed by atoms with Crippen molar-refractivity contribution in [2.75, 3.05) is 13.7 Å². The third-order valence-electron chi connectivity index (χ3n) is 3.67. The van der Waals surface area contributed by atoms with Gasteiger partial charge in [0.05, 0.1) is 7.11 Å². The summed E-state index contributed by atoms with van der Waals surface area (Å²) in [6.07, 6.45) is 4.95. The van der Waals surface area contributed by atoms with Gasteiger partial charge in [0, 0.05) is 24.2 Å². The molecular weight excluding hydrogens is 316 g/mol. The lowest BCUT2D eigenvalue weighted by atomic mass is 10.1. The van der Waals surface area contributed by atoms with Crippen LogP contribution in [0.25, 0.3) is 6.08 Å². The molecule has 24 heavy (non-hydrogen) atoms. The van der Waals surface area contributed by atoms with Gasteiger partial charge in [-0.05, 0) is 30.9 Å². The monoisotopic (exact) mass is 339 g/mol. The molecule has 1 saturated carbocycles. The maximum absolute atomic E-state index is 12.6. The number of para-hydroxylation sites is 1. The normalized spacial score (nSPS) is 14.5. The predicted octanol–water partition coefficient (Wildman–Crippen LogP) is 3.96. The summed E-state index contributed by atoms with van der Waals surface area (Å²) in [7, 11) is 1.38. The predicted molar refractivity (Wildman–Crippen MR) is 88.2 cm³/mol. The number of hydrogen-bond donors (Lipinski definition) is 0. The molecule has 132 valence electrons. The highest BCUT2D eigenvalue weighted by atomic mass is 19.3. The molecule has 1 aliphatic rings. The SMILES string of the molecule is COc1cccc(/C=C/C(=O)N(CC(C)C)C2CC2)c1OC(F)F. The minimum Gasteiger partial charge on any atom is -0.493 e. The fraction of sp³-hybridized carbons (Fsp3) is 0.500. The Bertz CT molecular complexity index is 598. The second-order valence-electron chi connectivity index (χ2n) is 6.21. The maximum atomic E-state index is 12.6. The van der Waals surface area contributed by atoms with Crippen molar-refractivity contribution in [3.63, 3.8) is 0 Å². The van der Waals surface area contributed by atoms with E-state index < -0.39 is 6.61 Å². The van der Waals surface area contributed by atoms with Crippen LogP contribution in [-0.4, -0.2) is 37.1 Å². The first-order chi connectivity index (χ1) is 11.4. The molecule has 6 heteroatoms. The summed E-state index contributed by atoms with van der Waals surface area (Å²) in [5, 5.41) is 0. The second kappa shape index (κ2) is 8.13. The molecule has 0 unspecified atom stereocenters. The Morgan fingerprint density at radius 1 is 1.38 bits per heavy atom. The molecule has 4 nitrogen and oxygen atoms in total. The Hall–Kier alpha value is -2.11. The molecule has 0 spiro atoms. The highest BCUT2D eigenvalue weighted by Crippen LogP contribution is 2.33. The number of methoxy groups -OCH3 is 1. The molecule has 1 amide bonds. The molecule has 1 aliphatic carbocycles. The van der Waals surface area contributed by atoms with Crippen molar-refractivity contribution >= 4 is 12.0 Å². The molecule has 2 rings (SSSR count). The molecule has 1 aromatic carbocycles. The average Bonchev–Trinajstić information content (AvgIpc) is 3.35. The van der Waals surface area contributed by atoms with Crippen molar-refractivity contribution in [2.24, 2.45) is 5.92 Å². The lowest BCUT2D eigenvalue weighted by molar-refractivity contribution is -0.127.